The number of nitriles is 1. The topological polar surface area (TPSA) is 44.0 Å². The maximum Gasteiger partial charge on any atom is 0.0667 e. The van der Waals surface area contributed by atoms with E-state index in [-0.39, 0.29) is 17.8 Å². The first kappa shape index (κ1) is 14.4. The Hall–Kier alpha value is -0.980. The molecule has 0 aliphatic heterocycles. The molecular weight excluding hydrogens is 254 g/mol. The zero-order valence-corrected chi connectivity index (χ0v) is 12.1. The van der Waals surface area contributed by atoms with Gasteiger partial charge in [-0.25, -0.2) is 0 Å². The lowest BCUT2D eigenvalue weighted by molar-refractivity contribution is 0.298. The number of hydrogen-bond acceptors (Lipinski definition) is 3. The summed E-state index contributed by atoms with van der Waals surface area (Å²) >= 11 is 1.78. The summed E-state index contributed by atoms with van der Waals surface area (Å²) in [4.78, 5) is 0. The number of aliphatic hydroxyl groups excluding tert-OH is 1. The average molecular weight is 275 g/mol. The van der Waals surface area contributed by atoms with E-state index in [0.717, 1.165) is 19.3 Å². The predicted octanol–water partition coefficient (Wildman–Crippen LogP) is 3.58. The maximum atomic E-state index is 9.28. The minimum Gasteiger partial charge on any atom is -0.395 e. The van der Waals surface area contributed by atoms with Crippen LogP contribution in [0, 0.1) is 17.2 Å². The second-order valence-corrected chi connectivity index (χ2v) is 7.01. The summed E-state index contributed by atoms with van der Waals surface area (Å²) in [7, 11) is 0. The fourth-order valence-electron chi connectivity index (χ4n) is 2.80. The van der Waals surface area contributed by atoms with Crippen LogP contribution in [-0.2, 0) is 0 Å². The van der Waals surface area contributed by atoms with Crippen molar-refractivity contribution in [2.45, 2.75) is 42.6 Å². The van der Waals surface area contributed by atoms with Crippen LogP contribution >= 0.6 is 11.8 Å². The van der Waals surface area contributed by atoms with Gasteiger partial charge < -0.3 is 5.11 Å². The van der Waals surface area contributed by atoms with E-state index in [1.54, 1.807) is 11.8 Å². The molecule has 1 aliphatic carbocycles. The summed E-state index contributed by atoms with van der Waals surface area (Å²) in [6, 6.07) is 13.1. The van der Waals surface area contributed by atoms with Crippen LogP contribution in [0.5, 0.6) is 0 Å². The quantitative estimate of drug-likeness (QED) is 0.913. The van der Waals surface area contributed by atoms with Crippen LogP contribution in [0.25, 0.3) is 0 Å². The highest BCUT2D eigenvalue weighted by Crippen LogP contribution is 2.42. The number of benzene rings is 1. The van der Waals surface area contributed by atoms with E-state index >= 15 is 0 Å². The van der Waals surface area contributed by atoms with Gasteiger partial charge in [-0.05, 0) is 30.7 Å². The average Bonchev–Trinajstić information content (AvgIpc) is 2.48. The maximum absolute atomic E-state index is 9.28. The Balaban J connectivity index is 2.05. The van der Waals surface area contributed by atoms with E-state index in [2.05, 4.69) is 30.3 Å². The molecule has 0 aromatic heterocycles. The van der Waals surface area contributed by atoms with Crippen molar-refractivity contribution in [2.75, 3.05) is 6.61 Å². The second kappa shape index (κ2) is 6.98. The van der Waals surface area contributed by atoms with Crippen molar-refractivity contribution in [2.24, 2.45) is 5.92 Å². The first-order valence-corrected chi connectivity index (χ1v) is 7.89. The highest BCUT2D eigenvalue weighted by molar-refractivity contribution is 8.00. The number of nitrogens with zero attached hydrogens (tertiary/aromatic N) is 1. The lowest BCUT2D eigenvalue weighted by Gasteiger charge is -2.33. The summed E-state index contributed by atoms with van der Waals surface area (Å²) in [6.45, 7) is 2.22. The van der Waals surface area contributed by atoms with Gasteiger partial charge in [-0.15, -0.1) is 0 Å². The molecule has 0 saturated heterocycles. The highest BCUT2D eigenvalue weighted by atomic mass is 32.2. The van der Waals surface area contributed by atoms with Crippen molar-refractivity contribution in [3.8, 4) is 6.07 Å². The molecule has 1 aromatic rings. The monoisotopic (exact) mass is 275 g/mol. The van der Waals surface area contributed by atoms with Gasteiger partial charge in [-0.2, -0.15) is 17.0 Å². The molecule has 19 heavy (non-hydrogen) atoms. The van der Waals surface area contributed by atoms with Crippen LogP contribution in [0.15, 0.2) is 30.3 Å². The van der Waals surface area contributed by atoms with Gasteiger partial charge >= 0.3 is 0 Å². The summed E-state index contributed by atoms with van der Waals surface area (Å²) in [5, 5.41) is 19.1. The van der Waals surface area contributed by atoms with Crippen molar-refractivity contribution >= 4 is 11.8 Å². The molecule has 4 unspecified atom stereocenters. The Bertz CT molecular complexity index is 428. The number of thioether (sulfide) groups is 1. The summed E-state index contributed by atoms with van der Waals surface area (Å²) in [6.07, 6.45) is 3.13. The summed E-state index contributed by atoms with van der Waals surface area (Å²) < 4.78 is 0. The molecule has 0 bridgehead atoms. The molecule has 2 nitrogen and oxygen atoms in total. The Morgan fingerprint density at radius 2 is 2.11 bits per heavy atom. The SMILES string of the molecule is CC(CO)SC1CC(c2ccccc2)CCC1C#N. The normalized spacial score (nSPS) is 28.6. The van der Waals surface area contributed by atoms with Crippen LogP contribution in [0.2, 0.25) is 0 Å². The predicted molar refractivity (Wildman–Crippen MR) is 80.1 cm³/mol. The fraction of sp³-hybridized carbons (Fsp3) is 0.562. The van der Waals surface area contributed by atoms with E-state index in [1.165, 1.54) is 5.56 Å². The minimum atomic E-state index is 0.138. The number of rotatable bonds is 4. The summed E-state index contributed by atoms with van der Waals surface area (Å²) in [5.41, 5.74) is 1.39. The minimum absolute atomic E-state index is 0.138. The largest absolute Gasteiger partial charge is 0.395 e. The van der Waals surface area contributed by atoms with Crippen molar-refractivity contribution in [1.82, 2.24) is 0 Å². The van der Waals surface area contributed by atoms with Crippen molar-refractivity contribution in [1.29, 1.82) is 5.26 Å². The molecule has 0 radical (unpaired) electrons. The lowest BCUT2D eigenvalue weighted by atomic mass is 9.79. The van der Waals surface area contributed by atoms with Crippen LogP contribution in [0.4, 0.5) is 0 Å². The molecule has 1 aliphatic rings. The highest BCUT2D eigenvalue weighted by Gasteiger charge is 2.32. The Morgan fingerprint density at radius 1 is 1.37 bits per heavy atom. The smallest absolute Gasteiger partial charge is 0.0667 e. The second-order valence-electron chi connectivity index (χ2n) is 5.32. The van der Waals surface area contributed by atoms with E-state index in [0.29, 0.717) is 11.2 Å². The molecule has 3 heteroatoms. The van der Waals surface area contributed by atoms with Crippen LogP contribution in [0.3, 0.4) is 0 Å². The van der Waals surface area contributed by atoms with Gasteiger partial charge in [0.05, 0.1) is 18.6 Å². The molecule has 4 atom stereocenters. The summed E-state index contributed by atoms with van der Waals surface area (Å²) in [5.74, 6) is 0.702. The van der Waals surface area contributed by atoms with Crippen molar-refractivity contribution in [3.05, 3.63) is 35.9 Å². The van der Waals surface area contributed by atoms with Crippen molar-refractivity contribution in [3.63, 3.8) is 0 Å². The first-order valence-electron chi connectivity index (χ1n) is 6.95. The zero-order chi connectivity index (χ0) is 13.7. The number of aliphatic hydroxyl groups is 1. The van der Waals surface area contributed by atoms with Crippen LogP contribution in [-0.4, -0.2) is 22.2 Å². The van der Waals surface area contributed by atoms with E-state index < -0.39 is 0 Å². The molecule has 1 aromatic carbocycles. The molecular formula is C16H21NOS. The van der Waals surface area contributed by atoms with Crippen molar-refractivity contribution < 1.29 is 5.11 Å². The zero-order valence-electron chi connectivity index (χ0n) is 11.3. The molecule has 2 rings (SSSR count). The Labute approximate surface area is 119 Å². The fourth-order valence-corrected chi connectivity index (χ4v) is 4.21. The molecule has 0 heterocycles. The molecule has 1 fully saturated rings. The molecule has 0 amide bonds. The van der Waals surface area contributed by atoms with Gasteiger partial charge in [-0.1, -0.05) is 37.3 Å². The molecule has 1 N–H and O–H groups in total. The van der Waals surface area contributed by atoms with Crippen LogP contribution in [0.1, 0.15) is 37.7 Å². The molecule has 0 spiro atoms. The van der Waals surface area contributed by atoms with Gasteiger partial charge in [-0.3, -0.25) is 0 Å². The lowest BCUT2D eigenvalue weighted by Crippen LogP contribution is -2.27. The third-order valence-electron chi connectivity index (χ3n) is 3.89. The molecule has 102 valence electrons. The van der Waals surface area contributed by atoms with Gasteiger partial charge in [0.2, 0.25) is 0 Å². The van der Waals surface area contributed by atoms with Crippen LogP contribution < -0.4 is 0 Å². The third kappa shape index (κ3) is 3.75. The Morgan fingerprint density at radius 3 is 2.74 bits per heavy atom. The van der Waals surface area contributed by atoms with E-state index in [9.17, 15) is 10.4 Å². The van der Waals surface area contributed by atoms with E-state index in [4.69, 9.17) is 0 Å². The standard InChI is InChI=1S/C16H21NOS/c1-12(11-18)19-16-9-14(7-8-15(16)10-17)13-5-3-2-4-6-13/h2-6,12,14-16,18H,7-9,11H2,1H3. The van der Waals surface area contributed by atoms with Gasteiger partial charge in [0.15, 0.2) is 0 Å². The Kier molecular flexibility index (Phi) is 5.30. The first-order chi connectivity index (χ1) is 9.24. The van der Waals surface area contributed by atoms with E-state index in [1.807, 2.05) is 13.0 Å². The van der Waals surface area contributed by atoms with Gasteiger partial charge in [0.25, 0.3) is 0 Å². The molecule has 1 saturated carbocycles. The van der Waals surface area contributed by atoms with Gasteiger partial charge in [0.1, 0.15) is 0 Å². The van der Waals surface area contributed by atoms with Gasteiger partial charge in [0, 0.05) is 10.5 Å². The third-order valence-corrected chi connectivity index (χ3v) is 5.38. The number of hydrogen-bond donors (Lipinski definition) is 1.